The number of hydrogen-bond acceptors (Lipinski definition) is 5. The van der Waals surface area contributed by atoms with Gasteiger partial charge in [0.15, 0.2) is 0 Å². The normalized spacial score (nSPS) is 14.1. The van der Waals surface area contributed by atoms with Gasteiger partial charge < -0.3 is 15.4 Å². The largest absolute Gasteiger partial charge is 0.489 e. The molecule has 0 unspecified atom stereocenters. The molecule has 1 saturated heterocycles. The van der Waals surface area contributed by atoms with Crippen molar-refractivity contribution in [3.05, 3.63) is 95.3 Å². The summed E-state index contributed by atoms with van der Waals surface area (Å²) < 4.78 is 5.93. The number of carbonyl (C=O) groups is 2. The molecule has 3 aromatic rings. The Morgan fingerprint density at radius 1 is 0.909 bits per heavy atom. The van der Waals surface area contributed by atoms with Crippen molar-refractivity contribution in [1.82, 2.24) is 14.8 Å². The number of pyridine rings is 1. The van der Waals surface area contributed by atoms with E-state index in [1.165, 1.54) is 0 Å². The number of ether oxygens (including phenoxy) is 1. The second-order valence-corrected chi connectivity index (χ2v) is 8.20. The Hall–Kier alpha value is -3.71. The van der Waals surface area contributed by atoms with Crippen LogP contribution in [0.2, 0.25) is 0 Å². The van der Waals surface area contributed by atoms with Crippen LogP contribution >= 0.6 is 0 Å². The van der Waals surface area contributed by atoms with Gasteiger partial charge in [-0.15, -0.1) is 0 Å². The van der Waals surface area contributed by atoms with Gasteiger partial charge in [-0.25, -0.2) is 0 Å². The maximum atomic E-state index is 12.6. The molecule has 0 spiro atoms. The maximum Gasteiger partial charge on any atom is 0.248 e. The quantitative estimate of drug-likeness (QED) is 0.577. The molecule has 0 bridgehead atoms. The standard InChI is InChI=1S/C26H28N4O3/c27-26(32)23-7-1-5-22(14-23)19-33-24-8-2-4-21(15-24)18-29-10-12-30(13-11-29)25(31)16-20-6-3-9-28-17-20/h1-9,14-15,17H,10-13,16,18-19H2,(H2,27,32). The second kappa shape index (κ2) is 10.7. The summed E-state index contributed by atoms with van der Waals surface area (Å²) >= 11 is 0. The molecule has 7 heteroatoms. The Morgan fingerprint density at radius 2 is 1.67 bits per heavy atom. The van der Waals surface area contributed by atoms with Gasteiger partial charge in [0.1, 0.15) is 12.4 Å². The highest BCUT2D eigenvalue weighted by Gasteiger charge is 2.21. The van der Waals surface area contributed by atoms with Gasteiger partial charge in [-0.3, -0.25) is 19.5 Å². The monoisotopic (exact) mass is 444 g/mol. The first-order valence-electron chi connectivity index (χ1n) is 11.1. The number of nitrogens with two attached hydrogens (primary N) is 1. The predicted octanol–water partition coefficient (Wildman–Crippen LogP) is 2.65. The molecule has 170 valence electrons. The fourth-order valence-electron chi connectivity index (χ4n) is 3.92. The van der Waals surface area contributed by atoms with Crippen molar-refractivity contribution in [2.75, 3.05) is 26.2 Å². The number of primary amides is 1. The van der Waals surface area contributed by atoms with E-state index in [1.54, 1.807) is 30.6 Å². The molecular formula is C26H28N4O3. The van der Waals surface area contributed by atoms with Crippen LogP contribution < -0.4 is 10.5 Å². The van der Waals surface area contributed by atoms with Crippen molar-refractivity contribution in [1.29, 1.82) is 0 Å². The number of amides is 2. The van der Waals surface area contributed by atoms with Gasteiger partial charge in [-0.05, 0) is 47.0 Å². The van der Waals surface area contributed by atoms with Gasteiger partial charge in [0.25, 0.3) is 0 Å². The molecule has 2 aromatic carbocycles. The van der Waals surface area contributed by atoms with Crippen LogP contribution in [0.1, 0.15) is 27.0 Å². The van der Waals surface area contributed by atoms with E-state index in [0.717, 1.165) is 55.2 Å². The first kappa shape index (κ1) is 22.5. The summed E-state index contributed by atoms with van der Waals surface area (Å²) in [4.78, 5) is 32.3. The van der Waals surface area contributed by atoms with Gasteiger partial charge in [0.2, 0.25) is 11.8 Å². The zero-order valence-corrected chi connectivity index (χ0v) is 18.5. The molecule has 1 aromatic heterocycles. The van der Waals surface area contributed by atoms with E-state index >= 15 is 0 Å². The topological polar surface area (TPSA) is 88.8 Å². The Bertz CT molecular complexity index is 1100. The van der Waals surface area contributed by atoms with E-state index in [9.17, 15) is 9.59 Å². The first-order valence-corrected chi connectivity index (χ1v) is 11.1. The number of hydrogen-bond donors (Lipinski definition) is 1. The van der Waals surface area contributed by atoms with Crippen LogP contribution in [0.4, 0.5) is 0 Å². The summed E-state index contributed by atoms with van der Waals surface area (Å²) in [6.07, 6.45) is 3.86. The minimum absolute atomic E-state index is 0.151. The number of piperazine rings is 1. The van der Waals surface area contributed by atoms with E-state index in [-0.39, 0.29) is 5.91 Å². The van der Waals surface area contributed by atoms with E-state index in [4.69, 9.17) is 10.5 Å². The Labute approximate surface area is 193 Å². The van der Waals surface area contributed by atoms with E-state index in [2.05, 4.69) is 16.0 Å². The van der Waals surface area contributed by atoms with Crippen molar-refractivity contribution >= 4 is 11.8 Å². The molecule has 0 radical (unpaired) electrons. The van der Waals surface area contributed by atoms with Crippen molar-refractivity contribution in [2.24, 2.45) is 5.73 Å². The third-order valence-corrected chi connectivity index (χ3v) is 5.72. The molecule has 33 heavy (non-hydrogen) atoms. The Balaban J connectivity index is 1.26. The predicted molar refractivity (Wildman–Crippen MR) is 126 cm³/mol. The summed E-state index contributed by atoms with van der Waals surface area (Å²) in [6, 6.07) is 19.0. The minimum atomic E-state index is -0.447. The first-order chi connectivity index (χ1) is 16.1. The number of aromatic nitrogens is 1. The zero-order chi connectivity index (χ0) is 23.0. The number of rotatable bonds is 8. The van der Waals surface area contributed by atoms with Crippen molar-refractivity contribution in [3.8, 4) is 5.75 Å². The summed E-state index contributed by atoms with van der Waals surface area (Å²) in [5.74, 6) is 0.485. The fraction of sp³-hybridized carbons (Fsp3) is 0.269. The van der Waals surface area contributed by atoms with Crippen molar-refractivity contribution in [2.45, 2.75) is 19.6 Å². The molecule has 4 rings (SSSR count). The van der Waals surface area contributed by atoms with Crippen LogP contribution in [0.25, 0.3) is 0 Å². The van der Waals surface area contributed by atoms with Crippen LogP contribution in [0.5, 0.6) is 5.75 Å². The van der Waals surface area contributed by atoms with E-state index in [0.29, 0.717) is 18.6 Å². The third kappa shape index (κ3) is 6.40. The number of benzene rings is 2. The zero-order valence-electron chi connectivity index (χ0n) is 18.5. The van der Waals surface area contributed by atoms with Gasteiger partial charge in [0, 0.05) is 50.7 Å². The second-order valence-electron chi connectivity index (χ2n) is 8.20. The van der Waals surface area contributed by atoms with Crippen LogP contribution in [-0.4, -0.2) is 52.8 Å². The summed E-state index contributed by atoms with van der Waals surface area (Å²) in [7, 11) is 0. The lowest BCUT2D eigenvalue weighted by molar-refractivity contribution is -0.132. The minimum Gasteiger partial charge on any atom is -0.489 e. The summed E-state index contributed by atoms with van der Waals surface area (Å²) in [6.45, 7) is 4.30. The Morgan fingerprint density at radius 3 is 2.42 bits per heavy atom. The highest BCUT2D eigenvalue weighted by Crippen LogP contribution is 2.18. The molecule has 2 N–H and O–H groups in total. The lowest BCUT2D eigenvalue weighted by Crippen LogP contribution is -2.48. The summed E-state index contributed by atoms with van der Waals surface area (Å²) in [5, 5.41) is 0. The molecule has 1 aliphatic rings. The van der Waals surface area contributed by atoms with Crippen LogP contribution in [0.3, 0.4) is 0 Å². The molecule has 0 saturated carbocycles. The maximum absolute atomic E-state index is 12.6. The smallest absolute Gasteiger partial charge is 0.248 e. The molecule has 1 aliphatic heterocycles. The lowest BCUT2D eigenvalue weighted by Gasteiger charge is -2.34. The van der Waals surface area contributed by atoms with Gasteiger partial charge in [-0.1, -0.05) is 30.3 Å². The van der Waals surface area contributed by atoms with Crippen LogP contribution in [-0.2, 0) is 24.4 Å². The number of carbonyl (C=O) groups excluding carboxylic acids is 2. The average molecular weight is 445 g/mol. The number of nitrogens with zero attached hydrogens (tertiary/aromatic N) is 3. The van der Waals surface area contributed by atoms with Crippen molar-refractivity contribution < 1.29 is 14.3 Å². The third-order valence-electron chi connectivity index (χ3n) is 5.72. The molecule has 2 heterocycles. The molecular weight excluding hydrogens is 416 g/mol. The van der Waals surface area contributed by atoms with Crippen LogP contribution in [0, 0.1) is 0 Å². The molecule has 0 aliphatic carbocycles. The highest BCUT2D eigenvalue weighted by atomic mass is 16.5. The van der Waals surface area contributed by atoms with Crippen LogP contribution in [0.15, 0.2) is 73.1 Å². The van der Waals surface area contributed by atoms with Crippen molar-refractivity contribution in [3.63, 3.8) is 0 Å². The van der Waals surface area contributed by atoms with E-state index in [1.807, 2.05) is 41.3 Å². The van der Waals surface area contributed by atoms with Gasteiger partial charge >= 0.3 is 0 Å². The average Bonchev–Trinajstić information content (AvgIpc) is 2.84. The lowest BCUT2D eigenvalue weighted by atomic mass is 10.1. The molecule has 2 amide bonds. The summed E-state index contributed by atoms with van der Waals surface area (Å²) in [5.41, 5.74) is 8.83. The van der Waals surface area contributed by atoms with Gasteiger partial charge in [0.05, 0.1) is 6.42 Å². The SMILES string of the molecule is NC(=O)c1cccc(COc2cccc(CN3CCN(C(=O)Cc4cccnc4)CC3)c2)c1. The van der Waals surface area contributed by atoms with Gasteiger partial charge in [-0.2, -0.15) is 0 Å². The van der Waals surface area contributed by atoms with E-state index < -0.39 is 5.91 Å². The molecule has 0 atom stereocenters. The highest BCUT2D eigenvalue weighted by molar-refractivity contribution is 5.92. The Kier molecular flexibility index (Phi) is 7.32. The molecule has 1 fully saturated rings. The molecule has 7 nitrogen and oxygen atoms in total. The fourth-order valence-corrected chi connectivity index (χ4v) is 3.92.